The number of ether oxygens (including phenoxy) is 1. The highest BCUT2D eigenvalue weighted by atomic mass is 19.1. The van der Waals surface area contributed by atoms with Crippen LogP contribution in [0, 0.1) is 5.82 Å². The normalized spacial score (nSPS) is 10.8. The van der Waals surface area contributed by atoms with Crippen LogP contribution >= 0.6 is 0 Å². The Balaban J connectivity index is 1.35. The number of nitrogens with zero attached hydrogens (tertiary/aromatic N) is 4. The number of hydrogen-bond acceptors (Lipinski definition) is 8. The van der Waals surface area contributed by atoms with E-state index < -0.39 is 11.7 Å². The van der Waals surface area contributed by atoms with Gasteiger partial charge in [0.05, 0.1) is 50.3 Å². The number of carbonyl (C=O) groups is 1. The maximum Gasteiger partial charge on any atom is 0.289 e. The number of hydrogen-bond donors (Lipinski definition) is 2. The molecule has 1 aromatic carbocycles. The van der Waals surface area contributed by atoms with Crippen LogP contribution in [0.2, 0.25) is 0 Å². The van der Waals surface area contributed by atoms with Gasteiger partial charge in [0.25, 0.3) is 11.5 Å². The molecule has 0 atom stereocenters. The molecule has 3 heterocycles. The topological polar surface area (TPSA) is 138 Å². The Bertz CT molecular complexity index is 1370. The van der Waals surface area contributed by atoms with Crippen molar-refractivity contribution in [2.75, 3.05) is 12.8 Å². The minimum Gasteiger partial charge on any atom is -0.491 e. The van der Waals surface area contributed by atoms with Crippen LogP contribution in [-0.2, 0) is 19.5 Å². The van der Waals surface area contributed by atoms with Crippen molar-refractivity contribution in [2.45, 2.75) is 19.5 Å². The molecule has 0 spiro atoms. The van der Waals surface area contributed by atoms with E-state index in [2.05, 4.69) is 20.3 Å². The van der Waals surface area contributed by atoms with E-state index in [4.69, 9.17) is 14.9 Å². The van der Waals surface area contributed by atoms with Gasteiger partial charge in [-0.1, -0.05) is 24.3 Å². The number of carbonyl (C=O) groups excluding carboxylic acids is 1. The van der Waals surface area contributed by atoms with Crippen molar-refractivity contribution in [3.05, 3.63) is 99.9 Å². The monoisotopic (exact) mass is 464 g/mol. The summed E-state index contributed by atoms with van der Waals surface area (Å²) in [6, 6.07) is 8.99. The van der Waals surface area contributed by atoms with Crippen molar-refractivity contribution < 1.29 is 18.3 Å². The second kappa shape index (κ2) is 9.94. The molecule has 0 radical (unpaired) electrons. The standard InChI is InChI=1S/C23H21FN6O4/c1-33-22-16(25)9-27-17(21(22)24)10-29-23(32)18-11-28-19(34-18)8-14-2-4-15(5-3-14)12-30-13-26-7-6-20(30)31/h2-7,9,11,13H,8,10,12,25H2,1H3,(H,29,32). The first-order valence-corrected chi connectivity index (χ1v) is 10.2. The number of nitrogen functional groups attached to an aromatic ring is 1. The van der Waals surface area contributed by atoms with Crippen molar-refractivity contribution >= 4 is 11.6 Å². The van der Waals surface area contributed by atoms with Gasteiger partial charge in [-0.05, 0) is 11.1 Å². The SMILES string of the molecule is COc1c(N)cnc(CNC(=O)c2cnc(Cc3ccc(Cn4cnccc4=O)cc3)o2)c1F. The fourth-order valence-corrected chi connectivity index (χ4v) is 3.23. The van der Waals surface area contributed by atoms with Gasteiger partial charge in [0.1, 0.15) is 0 Å². The molecule has 0 bridgehead atoms. The Morgan fingerprint density at radius 3 is 2.68 bits per heavy atom. The van der Waals surface area contributed by atoms with Crippen molar-refractivity contribution in [2.24, 2.45) is 0 Å². The number of nitrogens with one attached hydrogen (secondary N) is 1. The number of halogens is 1. The smallest absolute Gasteiger partial charge is 0.289 e. The molecule has 3 N–H and O–H groups in total. The molecule has 4 rings (SSSR count). The van der Waals surface area contributed by atoms with Crippen molar-refractivity contribution in [3.63, 3.8) is 0 Å². The third-order valence-corrected chi connectivity index (χ3v) is 5.00. The van der Waals surface area contributed by atoms with E-state index in [9.17, 15) is 14.0 Å². The molecule has 3 aromatic heterocycles. The van der Waals surface area contributed by atoms with E-state index in [1.54, 1.807) is 0 Å². The molecule has 0 fully saturated rings. The second-order valence-electron chi connectivity index (χ2n) is 7.35. The van der Waals surface area contributed by atoms with Gasteiger partial charge in [-0.2, -0.15) is 0 Å². The number of nitrogens with two attached hydrogens (primary N) is 1. The van der Waals surface area contributed by atoms with E-state index in [0.29, 0.717) is 18.9 Å². The van der Waals surface area contributed by atoms with Gasteiger partial charge in [-0.15, -0.1) is 0 Å². The fourth-order valence-electron chi connectivity index (χ4n) is 3.23. The minimum atomic E-state index is -0.738. The van der Waals surface area contributed by atoms with E-state index in [0.717, 1.165) is 11.1 Å². The van der Waals surface area contributed by atoms with E-state index in [-0.39, 0.29) is 35.0 Å². The molecule has 34 heavy (non-hydrogen) atoms. The molecular weight excluding hydrogens is 443 g/mol. The third-order valence-electron chi connectivity index (χ3n) is 5.00. The van der Waals surface area contributed by atoms with Crippen LogP contribution in [-0.4, -0.2) is 32.5 Å². The number of methoxy groups -OCH3 is 1. The number of rotatable bonds is 8. The summed E-state index contributed by atoms with van der Waals surface area (Å²) in [7, 11) is 1.29. The molecular formula is C23H21FN6O4. The van der Waals surface area contributed by atoms with E-state index >= 15 is 0 Å². The van der Waals surface area contributed by atoms with Gasteiger partial charge in [-0.25, -0.2) is 14.4 Å². The number of amides is 1. The van der Waals surface area contributed by atoms with Gasteiger partial charge in [-0.3, -0.25) is 19.1 Å². The summed E-state index contributed by atoms with van der Waals surface area (Å²) in [5.41, 5.74) is 7.38. The zero-order chi connectivity index (χ0) is 24.1. The first-order valence-electron chi connectivity index (χ1n) is 10.2. The lowest BCUT2D eigenvalue weighted by molar-refractivity contribution is 0.0920. The van der Waals surface area contributed by atoms with Crippen LogP contribution < -0.4 is 21.3 Å². The molecule has 0 aliphatic heterocycles. The van der Waals surface area contributed by atoms with Gasteiger partial charge >= 0.3 is 0 Å². The van der Waals surface area contributed by atoms with Crippen LogP contribution in [0.4, 0.5) is 10.1 Å². The van der Waals surface area contributed by atoms with Crippen LogP contribution in [0.1, 0.15) is 33.3 Å². The molecule has 10 nitrogen and oxygen atoms in total. The molecule has 11 heteroatoms. The van der Waals surface area contributed by atoms with Gasteiger partial charge in [0, 0.05) is 18.7 Å². The molecule has 0 saturated heterocycles. The fraction of sp³-hybridized carbons (Fsp3) is 0.174. The maximum atomic E-state index is 14.3. The number of pyridine rings is 1. The Kier molecular flexibility index (Phi) is 6.62. The summed E-state index contributed by atoms with van der Waals surface area (Å²) < 4.78 is 26.3. The average Bonchev–Trinajstić information content (AvgIpc) is 3.30. The van der Waals surface area contributed by atoms with Crippen molar-refractivity contribution in [1.29, 1.82) is 0 Å². The Hall–Kier alpha value is -4.54. The maximum absolute atomic E-state index is 14.3. The van der Waals surface area contributed by atoms with Gasteiger partial charge < -0.3 is 20.2 Å². The predicted molar refractivity (Wildman–Crippen MR) is 120 cm³/mol. The zero-order valence-corrected chi connectivity index (χ0v) is 18.2. The van der Waals surface area contributed by atoms with Gasteiger partial charge in [0.2, 0.25) is 5.76 Å². The summed E-state index contributed by atoms with van der Waals surface area (Å²) in [6.45, 7) is 0.227. The van der Waals surface area contributed by atoms with Crippen LogP contribution in [0.25, 0.3) is 0 Å². The molecule has 4 aromatic rings. The van der Waals surface area contributed by atoms with E-state index in [1.807, 2.05) is 24.3 Å². The number of anilines is 1. The number of oxazole rings is 1. The number of aromatic nitrogens is 4. The molecule has 0 aliphatic rings. The largest absolute Gasteiger partial charge is 0.491 e. The predicted octanol–water partition coefficient (Wildman–Crippen LogP) is 1.93. The van der Waals surface area contributed by atoms with Crippen LogP contribution in [0.15, 0.2) is 64.5 Å². The average molecular weight is 464 g/mol. The summed E-state index contributed by atoms with van der Waals surface area (Å²) >= 11 is 0. The lowest BCUT2D eigenvalue weighted by Gasteiger charge is -2.09. The summed E-state index contributed by atoms with van der Waals surface area (Å²) in [5.74, 6) is -1.09. The quantitative estimate of drug-likeness (QED) is 0.403. The first kappa shape index (κ1) is 22.6. The molecule has 1 amide bonds. The molecule has 0 aliphatic carbocycles. The number of benzene rings is 1. The van der Waals surface area contributed by atoms with E-state index in [1.165, 1.54) is 42.7 Å². The van der Waals surface area contributed by atoms with Crippen molar-refractivity contribution in [3.8, 4) is 5.75 Å². The second-order valence-corrected chi connectivity index (χ2v) is 7.35. The Morgan fingerprint density at radius 2 is 1.94 bits per heavy atom. The van der Waals surface area contributed by atoms with Gasteiger partial charge in [0.15, 0.2) is 17.5 Å². The highest BCUT2D eigenvalue weighted by Crippen LogP contribution is 2.25. The van der Waals surface area contributed by atoms with Crippen LogP contribution in [0.5, 0.6) is 5.75 Å². The Labute approximate surface area is 193 Å². The molecule has 0 saturated carbocycles. The van der Waals surface area contributed by atoms with Crippen LogP contribution in [0.3, 0.4) is 0 Å². The lowest BCUT2D eigenvalue weighted by atomic mass is 10.1. The lowest BCUT2D eigenvalue weighted by Crippen LogP contribution is -2.23. The highest BCUT2D eigenvalue weighted by molar-refractivity contribution is 5.91. The summed E-state index contributed by atoms with van der Waals surface area (Å²) in [6.07, 6.45) is 5.88. The van der Waals surface area contributed by atoms with Crippen molar-refractivity contribution in [1.82, 2.24) is 24.8 Å². The highest BCUT2D eigenvalue weighted by Gasteiger charge is 2.17. The minimum absolute atomic E-state index is 0.00890. The Morgan fingerprint density at radius 1 is 1.18 bits per heavy atom. The molecule has 174 valence electrons. The zero-order valence-electron chi connectivity index (χ0n) is 18.2. The first-order chi connectivity index (χ1) is 16.4. The third kappa shape index (κ3) is 5.09. The molecule has 0 unspecified atom stereocenters. The summed E-state index contributed by atoms with van der Waals surface area (Å²) in [4.78, 5) is 36.2. The summed E-state index contributed by atoms with van der Waals surface area (Å²) in [5, 5.41) is 2.53.